The van der Waals surface area contributed by atoms with Gasteiger partial charge in [0.15, 0.2) is 0 Å². The monoisotopic (exact) mass is 202 g/mol. The first-order valence-corrected chi connectivity index (χ1v) is 6.31. The highest BCUT2D eigenvalue weighted by atomic mass is 32.2. The smallest absolute Gasteiger partial charge is 0.113 e. The molecular weight excluding hydrogens is 180 g/mol. The molecule has 2 heteroatoms. The van der Waals surface area contributed by atoms with Crippen LogP contribution in [0.25, 0.3) is 0 Å². The van der Waals surface area contributed by atoms with E-state index in [1.165, 1.54) is 43.5 Å². The molecule has 0 saturated carbocycles. The van der Waals surface area contributed by atoms with Gasteiger partial charge in [-0.2, -0.15) is 0 Å². The van der Waals surface area contributed by atoms with Gasteiger partial charge in [-0.15, -0.1) is 0 Å². The van der Waals surface area contributed by atoms with E-state index in [1.54, 1.807) is 0 Å². The second-order valence-corrected chi connectivity index (χ2v) is 3.90. The predicted molar refractivity (Wildman–Crippen MR) is 61.7 cm³/mol. The van der Waals surface area contributed by atoms with Gasteiger partial charge in [-0.05, 0) is 25.3 Å². The van der Waals surface area contributed by atoms with Gasteiger partial charge in [0.1, 0.15) is 5.76 Å². The molecule has 0 radical (unpaired) electrons. The number of rotatable bonds is 2. The van der Waals surface area contributed by atoms with Crippen molar-refractivity contribution in [1.82, 2.24) is 0 Å². The molecule has 0 amide bonds. The van der Waals surface area contributed by atoms with Crippen molar-refractivity contribution in [3.8, 4) is 0 Å². The Labute approximate surface area is 87.1 Å². The minimum absolute atomic E-state index is 0.640. The Balaban J connectivity index is 0.000000424. The van der Waals surface area contributed by atoms with Crippen LogP contribution in [-0.2, 0) is 4.18 Å². The first kappa shape index (κ1) is 12.9. The van der Waals surface area contributed by atoms with Crippen molar-refractivity contribution in [2.24, 2.45) is 5.92 Å². The Morgan fingerprint density at radius 3 is 2.62 bits per heavy atom. The van der Waals surface area contributed by atoms with Crippen molar-refractivity contribution in [3.05, 3.63) is 11.8 Å². The lowest BCUT2D eigenvalue weighted by atomic mass is 9.96. The van der Waals surface area contributed by atoms with Crippen molar-refractivity contribution in [1.29, 1.82) is 0 Å². The molecule has 0 aromatic carbocycles. The van der Waals surface area contributed by atoms with Gasteiger partial charge in [-0.3, -0.25) is 0 Å². The summed E-state index contributed by atoms with van der Waals surface area (Å²) in [7, 11) is 0. The highest BCUT2D eigenvalue weighted by Crippen LogP contribution is 2.27. The van der Waals surface area contributed by atoms with Crippen LogP contribution >= 0.6 is 12.0 Å². The largest absolute Gasteiger partial charge is 0.431 e. The van der Waals surface area contributed by atoms with E-state index in [0.29, 0.717) is 5.92 Å². The Morgan fingerprint density at radius 2 is 2.15 bits per heavy atom. The van der Waals surface area contributed by atoms with Gasteiger partial charge >= 0.3 is 0 Å². The van der Waals surface area contributed by atoms with Gasteiger partial charge in [0.2, 0.25) is 0 Å². The van der Waals surface area contributed by atoms with Crippen molar-refractivity contribution in [2.45, 2.75) is 46.5 Å². The van der Waals surface area contributed by atoms with E-state index in [1.807, 2.05) is 6.26 Å². The van der Waals surface area contributed by atoms with Crippen LogP contribution in [0.2, 0.25) is 0 Å². The van der Waals surface area contributed by atoms with Crippen molar-refractivity contribution < 1.29 is 4.18 Å². The lowest BCUT2D eigenvalue weighted by molar-refractivity contribution is 0.369. The Hall–Kier alpha value is -0.110. The zero-order valence-electron chi connectivity index (χ0n) is 9.30. The molecule has 78 valence electrons. The molecule has 1 rings (SSSR count). The summed E-state index contributed by atoms with van der Waals surface area (Å²) in [5.41, 5.74) is 0. The van der Waals surface area contributed by atoms with Crippen LogP contribution < -0.4 is 0 Å². The van der Waals surface area contributed by atoms with E-state index in [4.69, 9.17) is 4.18 Å². The second-order valence-electron chi connectivity index (χ2n) is 3.40. The van der Waals surface area contributed by atoms with E-state index in [-0.39, 0.29) is 0 Å². The lowest BCUT2D eigenvalue weighted by Crippen LogP contribution is -2.04. The Bertz CT molecular complexity index is 143. The lowest BCUT2D eigenvalue weighted by Gasteiger charge is -2.18. The highest BCUT2D eigenvalue weighted by Gasteiger charge is 2.13. The molecule has 0 spiro atoms. The zero-order chi connectivity index (χ0) is 10.1. The maximum Gasteiger partial charge on any atom is 0.113 e. The fourth-order valence-electron chi connectivity index (χ4n) is 1.22. The van der Waals surface area contributed by atoms with E-state index in [9.17, 15) is 0 Å². The first-order valence-electron chi connectivity index (χ1n) is 5.16. The maximum atomic E-state index is 5.37. The Kier molecular flexibility index (Phi) is 8.41. The Morgan fingerprint density at radius 1 is 1.54 bits per heavy atom. The quantitative estimate of drug-likeness (QED) is 0.614. The highest BCUT2D eigenvalue weighted by molar-refractivity contribution is 7.94. The molecule has 1 atom stereocenters. The first-order chi connectivity index (χ1) is 6.26. The third-order valence-electron chi connectivity index (χ3n) is 1.85. The molecule has 1 nitrogen and oxygen atoms in total. The molecular formula is C11H22OS. The maximum absolute atomic E-state index is 5.37. The van der Waals surface area contributed by atoms with E-state index in [0.717, 1.165) is 0 Å². The molecule has 0 aromatic heterocycles. The van der Waals surface area contributed by atoms with Crippen molar-refractivity contribution >= 4 is 12.0 Å². The zero-order valence-corrected chi connectivity index (χ0v) is 10.1. The second kappa shape index (κ2) is 8.49. The van der Waals surface area contributed by atoms with Gasteiger partial charge in [0, 0.05) is 12.2 Å². The van der Waals surface area contributed by atoms with Crippen LogP contribution in [0.15, 0.2) is 11.8 Å². The SMILES string of the molecule is CCC.CSOC1=CCCCC1C. The van der Waals surface area contributed by atoms with Gasteiger partial charge in [0.05, 0.1) is 12.0 Å². The van der Waals surface area contributed by atoms with Crippen LogP contribution in [0.3, 0.4) is 0 Å². The van der Waals surface area contributed by atoms with Crippen LogP contribution in [0.1, 0.15) is 46.5 Å². The predicted octanol–water partition coefficient (Wildman–Crippen LogP) is 4.40. The summed E-state index contributed by atoms with van der Waals surface area (Å²) in [5, 5.41) is 0. The molecule has 0 saturated heterocycles. The third-order valence-corrected chi connectivity index (χ3v) is 2.21. The molecule has 0 N–H and O–H groups in total. The summed E-state index contributed by atoms with van der Waals surface area (Å²) in [6, 6.07) is 0. The average Bonchev–Trinajstić information content (AvgIpc) is 2.11. The van der Waals surface area contributed by atoms with E-state index < -0.39 is 0 Å². The number of hydrogen-bond acceptors (Lipinski definition) is 2. The fourth-order valence-corrected chi connectivity index (χ4v) is 1.65. The molecule has 0 aromatic rings. The minimum Gasteiger partial charge on any atom is -0.431 e. The summed E-state index contributed by atoms with van der Waals surface area (Å²) in [6.45, 7) is 6.47. The van der Waals surface area contributed by atoms with Gasteiger partial charge in [-0.1, -0.05) is 27.2 Å². The molecule has 0 heterocycles. The third kappa shape index (κ3) is 6.03. The van der Waals surface area contributed by atoms with E-state index in [2.05, 4.69) is 26.8 Å². The molecule has 1 aliphatic rings. The van der Waals surface area contributed by atoms with Gasteiger partial charge < -0.3 is 4.18 Å². The molecule has 0 fully saturated rings. The molecule has 0 aliphatic heterocycles. The van der Waals surface area contributed by atoms with Crippen LogP contribution in [0, 0.1) is 5.92 Å². The fraction of sp³-hybridized carbons (Fsp3) is 0.818. The molecule has 1 unspecified atom stereocenters. The van der Waals surface area contributed by atoms with Crippen molar-refractivity contribution in [3.63, 3.8) is 0 Å². The van der Waals surface area contributed by atoms with Crippen molar-refractivity contribution in [2.75, 3.05) is 6.26 Å². The van der Waals surface area contributed by atoms with Gasteiger partial charge in [0.25, 0.3) is 0 Å². The summed E-state index contributed by atoms with van der Waals surface area (Å²) < 4.78 is 5.37. The average molecular weight is 202 g/mol. The standard InChI is InChI=1S/C8H14OS.C3H8/c1-7-5-3-4-6-8(7)9-10-2;1-3-2/h6-7H,3-5H2,1-2H3;3H2,1-2H3. The summed E-state index contributed by atoms with van der Waals surface area (Å²) in [6.07, 6.45) is 9.22. The molecule has 0 bridgehead atoms. The van der Waals surface area contributed by atoms with Crippen LogP contribution in [-0.4, -0.2) is 6.26 Å². The van der Waals surface area contributed by atoms with Crippen LogP contribution in [0.4, 0.5) is 0 Å². The molecule has 1 aliphatic carbocycles. The number of allylic oxidation sites excluding steroid dienone is 2. The topological polar surface area (TPSA) is 9.23 Å². The number of hydrogen-bond donors (Lipinski definition) is 0. The summed E-state index contributed by atoms with van der Waals surface area (Å²) in [5.74, 6) is 1.82. The van der Waals surface area contributed by atoms with Gasteiger partial charge in [-0.25, -0.2) is 0 Å². The van der Waals surface area contributed by atoms with E-state index >= 15 is 0 Å². The van der Waals surface area contributed by atoms with Crippen LogP contribution in [0.5, 0.6) is 0 Å². The minimum atomic E-state index is 0.640. The summed E-state index contributed by atoms with van der Waals surface area (Å²) >= 11 is 1.44. The summed E-state index contributed by atoms with van der Waals surface area (Å²) in [4.78, 5) is 0. The normalized spacial score (nSPS) is 21.2. The molecule has 13 heavy (non-hydrogen) atoms.